The van der Waals surface area contributed by atoms with Crippen molar-refractivity contribution < 1.29 is 4.39 Å². The van der Waals surface area contributed by atoms with Crippen LogP contribution in [0.1, 0.15) is 11.3 Å². The van der Waals surface area contributed by atoms with E-state index < -0.39 is 0 Å². The van der Waals surface area contributed by atoms with Crippen LogP contribution in [0.3, 0.4) is 0 Å². The van der Waals surface area contributed by atoms with E-state index in [1.54, 1.807) is 42.2 Å². The third-order valence-electron chi connectivity index (χ3n) is 5.08. The van der Waals surface area contributed by atoms with Crippen LogP contribution in [0.2, 0.25) is 0 Å². The molecule has 1 aromatic carbocycles. The Kier molecular flexibility index (Phi) is 4.39. The highest BCUT2D eigenvalue weighted by atomic mass is 19.1. The summed E-state index contributed by atoms with van der Waals surface area (Å²) in [5.41, 5.74) is 2.75. The molecule has 5 aromatic rings. The van der Waals surface area contributed by atoms with Crippen molar-refractivity contribution >= 4 is 28.9 Å². The summed E-state index contributed by atoms with van der Waals surface area (Å²) in [5, 5.41) is 5.37. The minimum atomic E-state index is -0.317. The number of nitrogens with zero attached hydrogens (tertiary/aromatic N) is 7. The molecule has 154 valence electrons. The lowest BCUT2D eigenvalue weighted by atomic mass is 10.2. The van der Waals surface area contributed by atoms with Crippen LogP contribution in [0.4, 0.5) is 4.39 Å². The van der Waals surface area contributed by atoms with Crippen LogP contribution in [0.5, 0.6) is 0 Å². The van der Waals surface area contributed by atoms with E-state index in [1.165, 1.54) is 10.6 Å². The quantitative estimate of drug-likeness (QED) is 0.443. The molecule has 0 fully saturated rings. The first kappa shape index (κ1) is 18.8. The third-order valence-corrected chi connectivity index (χ3v) is 5.08. The van der Waals surface area contributed by atoms with Crippen LogP contribution in [0.25, 0.3) is 33.7 Å². The second-order valence-electron chi connectivity index (χ2n) is 7.03. The number of benzene rings is 1. The van der Waals surface area contributed by atoms with Gasteiger partial charge in [-0.05, 0) is 24.9 Å². The van der Waals surface area contributed by atoms with Gasteiger partial charge in [0, 0.05) is 18.8 Å². The van der Waals surface area contributed by atoms with Crippen molar-refractivity contribution in [2.45, 2.75) is 13.1 Å². The summed E-state index contributed by atoms with van der Waals surface area (Å²) in [6, 6.07) is 10.2. The second kappa shape index (κ2) is 7.24. The minimum Gasteiger partial charge on any atom is -0.294 e. The van der Waals surface area contributed by atoms with Crippen molar-refractivity contribution in [3.8, 4) is 11.5 Å². The number of hydrogen-bond acceptors (Lipinski definition) is 6. The molecule has 0 aliphatic rings. The molecule has 5 rings (SSSR count). The van der Waals surface area contributed by atoms with Gasteiger partial charge in [-0.2, -0.15) is 5.10 Å². The van der Waals surface area contributed by atoms with Gasteiger partial charge >= 0.3 is 5.69 Å². The first-order chi connectivity index (χ1) is 15.1. The predicted octanol–water partition coefficient (Wildman–Crippen LogP) is 2.46. The lowest BCUT2D eigenvalue weighted by Crippen LogP contribution is -2.12. The zero-order valence-corrected chi connectivity index (χ0v) is 16.6. The van der Waals surface area contributed by atoms with Gasteiger partial charge in [-0.25, -0.2) is 28.8 Å². The number of aromatic amines is 1. The van der Waals surface area contributed by atoms with E-state index in [0.717, 1.165) is 0 Å². The number of H-pyrrole nitrogens is 1. The molecular formula is C21H17FN8O. The highest BCUT2D eigenvalue weighted by Gasteiger charge is 2.20. The van der Waals surface area contributed by atoms with E-state index in [9.17, 15) is 9.18 Å². The van der Waals surface area contributed by atoms with E-state index in [1.807, 2.05) is 6.07 Å². The Morgan fingerprint density at radius 1 is 1.19 bits per heavy atom. The van der Waals surface area contributed by atoms with Crippen LogP contribution >= 0.6 is 0 Å². The van der Waals surface area contributed by atoms with E-state index in [4.69, 9.17) is 0 Å². The molecular weight excluding hydrogens is 399 g/mol. The number of rotatable bonds is 5. The number of hydrogen-bond donors (Lipinski definition) is 1. The van der Waals surface area contributed by atoms with Gasteiger partial charge in [0.05, 0.1) is 24.2 Å². The van der Waals surface area contributed by atoms with Crippen LogP contribution < -0.4 is 5.69 Å². The lowest BCUT2D eigenvalue weighted by Gasteiger charge is -2.05. The number of aliphatic imine (C=N–C) groups is 1. The molecule has 31 heavy (non-hydrogen) atoms. The normalized spacial score (nSPS) is 11.4. The average Bonchev–Trinajstić information content (AvgIpc) is 3.27. The largest absolute Gasteiger partial charge is 0.327 e. The topological polar surface area (TPSA) is 107 Å². The molecule has 0 saturated heterocycles. The molecule has 0 spiro atoms. The van der Waals surface area contributed by atoms with Gasteiger partial charge in [0.15, 0.2) is 17.1 Å². The standard InChI is InChI=1S/C21H17FN8O/c1-23-10-15-17-19(27-21(31)29(17)2)26-18(25-15)16-13-7-5-9-24-20(13)30(28-16)11-12-6-3-4-8-14(12)22/h3-9H,1,10-11H2,2H3,(H,25,26,27,31). The Hall–Kier alpha value is -4.21. The fourth-order valence-electron chi connectivity index (χ4n) is 3.62. The zero-order chi connectivity index (χ0) is 21.5. The van der Waals surface area contributed by atoms with Gasteiger partial charge in [0.25, 0.3) is 0 Å². The smallest absolute Gasteiger partial charge is 0.294 e. The van der Waals surface area contributed by atoms with Crippen molar-refractivity contribution in [2.24, 2.45) is 12.0 Å². The molecule has 0 aliphatic heterocycles. The van der Waals surface area contributed by atoms with Crippen LogP contribution in [-0.2, 0) is 20.1 Å². The van der Waals surface area contributed by atoms with Crippen molar-refractivity contribution in [3.63, 3.8) is 0 Å². The summed E-state index contributed by atoms with van der Waals surface area (Å²) in [5.74, 6) is 0.000730. The van der Waals surface area contributed by atoms with Crippen molar-refractivity contribution in [2.75, 3.05) is 0 Å². The number of imidazole rings is 1. The van der Waals surface area contributed by atoms with Crippen molar-refractivity contribution in [3.05, 3.63) is 70.2 Å². The van der Waals surface area contributed by atoms with Crippen molar-refractivity contribution in [1.29, 1.82) is 0 Å². The summed E-state index contributed by atoms with van der Waals surface area (Å²) in [4.78, 5) is 32.4. The van der Waals surface area contributed by atoms with Crippen molar-refractivity contribution in [1.82, 2.24) is 34.3 Å². The molecule has 4 aromatic heterocycles. The number of aromatic nitrogens is 7. The molecule has 0 aliphatic carbocycles. The molecule has 0 amide bonds. The summed E-state index contributed by atoms with van der Waals surface area (Å²) in [7, 11) is 1.64. The van der Waals surface area contributed by atoms with E-state index in [2.05, 4.69) is 36.7 Å². The average molecular weight is 416 g/mol. The number of halogens is 1. The van der Waals surface area contributed by atoms with Gasteiger partial charge in [0.1, 0.15) is 17.0 Å². The van der Waals surface area contributed by atoms with E-state index in [0.29, 0.717) is 45.0 Å². The highest BCUT2D eigenvalue weighted by Crippen LogP contribution is 2.27. The zero-order valence-electron chi connectivity index (χ0n) is 16.6. The van der Waals surface area contributed by atoms with Gasteiger partial charge < -0.3 is 0 Å². The molecule has 0 radical (unpaired) electrons. The maximum absolute atomic E-state index is 14.2. The second-order valence-corrected chi connectivity index (χ2v) is 7.03. The highest BCUT2D eigenvalue weighted by molar-refractivity contribution is 5.90. The van der Waals surface area contributed by atoms with E-state index >= 15 is 0 Å². The Morgan fingerprint density at radius 2 is 2.03 bits per heavy atom. The number of pyridine rings is 1. The fraction of sp³-hybridized carbons (Fsp3) is 0.143. The number of nitrogens with one attached hydrogen (secondary N) is 1. The maximum Gasteiger partial charge on any atom is 0.327 e. The van der Waals surface area contributed by atoms with Crippen LogP contribution in [0.15, 0.2) is 52.4 Å². The first-order valence-corrected chi connectivity index (χ1v) is 9.50. The molecule has 1 N–H and O–H groups in total. The summed E-state index contributed by atoms with van der Waals surface area (Å²) in [6.45, 7) is 3.95. The Bertz CT molecular complexity index is 1510. The molecule has 4 heterocycles. The third kappa shape index (κ3) is 3.08. The van der Waals surface area contributed by atoms with Gasteiger partial charge in [0.2, 0.25) is 0 Å². The van der Waals surface area contributed by atoms with Crippen LogP contribution in [-0.4, -0.2) is 41.0 Å². The molecule has 0 bridgehead atoms. The molecule has 9 nitrogen and oxygen atoms in total. The fourth-order valence-corrected chi connectivity index (χ4v) is 3.62. The molecule has 0 saturated carbocycles. The maximum atomic E-state index is 14.2. The molecule has 0 atom stereocenters. The number of fused-ring (bicyclic) bond motifs is 2. The summed E-state index contributed by atoms with van der Waals surface area (Å²) in [6.07, 6.45) is 1.65. The Morgan fingerprint density at radius 3 is 2.84 bits per heavy atom. The van der Waals surface area contributed by atoms with Gasteiger partial charge in [-0.15, -0.1) is 0 Å². The number of aryl methyl sites for hydroxylation is 1. The molecule has 10 heteroatoms. The monoisotopic (exact) mass is 416 g/mol. The summed E-state index contributed by atoms with van der Waals surface area (Å²) < 4.78 is 17.3. The minimum absolute atomic E-state index is 0.200. The molecule has 0 unspecified atom stereocenters. The Balaban J connectivity index is 1.72. The predicted molar refractivity (Wildman–Crippen MR) is 114 cm³/mol. The van der Waals surface area contributed by atoms with Gasteiger partial charge in [-0.3, -0.25) is 14.5 Å². The van der Waals surface area contributed by atoms with Gasteiger partial charge in [-0.1, -0.05) is 18.2 Å². The lowest BCUT2D eigenvalue weighted by molar-refractivity contribution is 0.589. The summed E-state index contributed by atoms with van der Waals surface area (Å²) >= 11 is 0. The first-order valence-electron chi connectivity index (χ1n) is 9.50. The van der Waals surface area contributed by atoms with Crippen LogP contribution in [0, 0.1) is 5.82 Å². The van der Waals surface area contributed by atoms with E-state index in [-0.39, 0.29) is 24.6 Å². The SMILES string of the molecule is C=NCc1nc(-c2nn(Cc3ccccc3F)c3ncccc23)nc2[nH]c(=O)n(C)c12. The Labute approximate surface area is 174 Å².